The van der Waals surface area contributed by atoms with Crippen molar-refractivity contribution < 1.29 is 33.7 Å². The summed E-state index contributed by atoms with van der Waals surface area (Å²) in [5, 5.41) is 12.6. The summed E-state index contributed by atoms with van der Waals surface area (Å²) < 4.78 is 16.3. The second kappa shape index (κ2) is 9.15. The maximum Gasteiger partial charge on any atom is 0.422 e. The van der Waals surface area contributed by atoms with E-state index >= 15 is 0 Å². The van der Waals surface area contributed by atoms with Gasteiger partial charge in [0, 0.05) is 13.1 Å². The van der Waals surface area contributed by atoms with E-state index in [1.807, 2.05) is 69.3 Å². The predicted octanol–water partition coefficient (Wildman–Crippen LogP) is 2.99. The van der Waals surface area contributed by atoms with Crippen molar-refractivity contribution in [2.24, 2.45) is 0 Å². The zero-order chi connectivity index (χ0) is 26.5. The Morgan fingerprint density at radius 1 is 0.919 bits per heavy atom. The molecule has 3 aliphatic heterocycles. The molecule has 9 nitrogen and oxygen atoms in total. The zero-order valence-corrected chi connectivity index (χ0v) is 21.5. The number of likely N-dealkylation sites (N-methyl/N-ethyl adjacent to an activating group) is 1. The molecule has 3 aliphatic rings. The van der Waals surface area contributed by atoms with Crippen molar-refractivity contribution in [2.75, 3.05) is 13.6 Å². The number of aliphatic hydroxyl groups is 1. The van der Waals surface area contributed by atoms with Gasteiger partial charge in [0.15, 0.2) is 0 Å². The number of aryl methyl sites for hydroxylation is 2. The summed E-state index contributed by atoms with van der Waals surface area (Å²) in [6.45, 7) is 6.43. The molecule has 0 aromatic heterocycles. The number of carbonyl (C=O) groups excluding carboxylic acids is 3. The molecule has 9 heteroatoms. The zero-order valence-electron chi connectivity index (χ0n) is 21.5. The van der Waals surface area contributed by atoms with Crippen LogP contribution in [0.3, 0.4) is 0 Å². The maximum absolute atomic E-state index is 12.6. The first-order chi connectivity index (χ1) is 17.6. The third-order valence-electron chi connectivity index (χ3n) is 7.94. The topological polar surface area (TPSA) is 106 Å². The third kappa shape index (κ3) is 3.97. The highest BCUT2D eigenvalue weighted by atomic mass is 16.8. The van der Waals surface area contributed by atoms with Gasteiger partial charge in [0.05, 0.1) is 6.04 Å². The third-order valence-corrected chi connectivity index (χ3v) is 7.94. The number of hydrogen-bond acceptors (Lipinski definition) is 8. The largest absolute Gasteiger partial charge is 0.433 e. The van der Waals surface area contributed by atoms with Crippen LogP contribution in [0.4, 0.5) is 4.79 Å². The minimum Gasteiger partial charge on any atom is -0.433 e. The van der Waals surface area contributed by atoms with Crippen LogP contribution in [0.5, 0.6) is 0 Å². The molecule has 3 fully saturated rings. The van der Waals surface area contributed by atoms with Crippen LogP contribution in [0.15, 0.2) is 48.5 Å². The Balaban J connectivity index is 1.58. The fourth-order valence-electron chi connectivity index (χ4n) is 5.84. The van der Waals surface area contributed by atoms with Crippen LogP contribution >= 0.6 is 0 Å². The molecular formula is C28H32N2O7. The van der Waals surface area contributed by atoms with Gasteiger partial charge in [-0.1, -0.05) is 66.1 Å². The lowest BCUT2D eigenvalue weighted by Crippen LogP contribution is -2.63. The number of piperidine rings is 1. The quantitative estimate of drug-likeness (QED) is 0.486. The molecule has 196 valence electrons. The number of likely N-dealkylation sites (tertiary alicyclic amines) is 1. The number of cyclic esters (lactones) is 1. The number of esters is 2. The highest BCUT2D eigenvalue weighted by Gasteiger charge is 2.68. The normalized spacial score (nSPS) is 24.7. The van der Waals surface area contributed by atoms with Crippen LogP contribution < -0.4 is 0 Å². The highest BCUT2D eigenvalue weighted by Crippen LogP contribution is 2.44. The first-order valence-electron chi connectivity index (χ1n) is 12.6. The lowest BCUT2D eigenvalue weighted by Gasteiger charge is -2.49. The summed E-state index contributed by atoms with van der Waals surface area (Å²) in [4.78, 5) is 39.7. The maximum atomic E-state index is 12.6. The van der Waals surface area contributed by atoms with Gasteiger partial charge in [-0.15, -0.1) is 0 Å². The number of amides is 1. The lowest BCUT2D eigenvalue weighted by atomic mass is 9.75. The molecule has 0 aliphatic carbocycles. The van der Waals surface area contributed by atoms with E-state index in [0.717, 1.165) is 40.0 Å². The van der Waals surface area contributed by atoms with E-state index in [-0.39, 0.29) is 0 Å². The predicted molar refractivity (Wildman–Crippen MR) is 132 cm³/mol. The first-order valence-corrected chi connectivity index (χ1v) is 12.6. The minimum atomic E-state index is -1.99. The van der Waals surface area contributed by atoms with Crippen LogP contribution in [0.25, 0.3) is 0 Å². The van der Waals surface area contributed by atoms with Crippen molar-refractivity contribution in [2.45, 2.75) is 69.7 Å². The van der Waals surface area contributed by atoms with Crippen molar-refractivity contribution in [3.8, 4) is 0 Å². The molecule has 5 rings (SSSR count). The van der Waals surface area contributed by atoms with Crippen molar-refractivity contribution in [3.05, 3.63) is 70.8 Å². The molecule has 1 N–H and O–H groups in total. The number of nitrogens with zero attached hydrogens (tertiary/aromatic N) is 2. The second-order valence-electron chi connectivity index (χ2n) is 10.3. The number of rotatable bonds is 5. The number of benzene rings is 2. The van der Waals surface area contributed by atoms with E-state index in [1.54, 1.807) is 0 Å². The average molecular weight is 509 g/mol. The van der Waals surface area contributed by atoms with E-state index in [1.165, 1.54) is 7.05 Å². The fraction of sp³-hybridized carbons (Fsp3) is 0.464. The molecule has 3 heterocycles. The average Bonchev–Trinajstić information content (AvgIpc) is 3.33. The Morgan fingerprint density at radius 2 is 1.43 bits per heavy atom. The van der Waals surface area contributed by atoms with Crippen molar-refractivity contribution in [1.82, 2.24) is 9.80 Å². The van der Waals surface area contributed by atoms with E-state index < -0.39 is 47.7 Å². The molecular weight excluding hydrogens is 476 g/mol. The number of carbonyl (C=O) groups is 3. The van der Waals surface area contributed by atoms with Gasteiger partial charge in [-0.3, -0.25) is 4.90 Å². The van der Waals surface area contributed by atoms with Gasteiger partial charge in [-0.25, -0.2) is 19.3 Å². The van der Waals surface area contributed by atoms with Crippen molar-refractivity contribution in [3.63, 3.8) is 0 Å². The van der Waals surface area contributed by atoms with Gasteiger partial charge in [-0.2, -0.15) is 0 Å². The minimum absolute atomic E-state index is 0.406. The Morgan fingerprint density at radius 3 is 1.95 bits per heavy atom. The van der Waals surface area contributed by atoms with Crippen LogP contribution in [0.2, 0.25) is 0 Å². The van der Waals surface area contributed by atoms with Crippen molar-refractivity contribution >= 4 is 18.0 Å². The lowest BCUT2D eigenvalue weighted by molar-refractivity contribution is -0.252. The van der Waals surface area contributed by atoms with Gasteiger partial charge in [0.1, 0.15) is 5.60 Å². The SMILES string of the molecule is Cc1ccc(C(O)(c2ccc(C)cc2)C2CCCCN2C(C)C2OC(=O)N(C)C23OC(=O)C(=O)O3)cc1. The Bertz CT molecular complexity index is 1150. The van der Waals surface area contributed by atoms with E-state index in [0.29, 0.717) is 13.0 Å². The van der Waals surface area contributed by atoms with Crippen LogP contribution in [0, 0.1) is 13.8 Å². The number of hydrogen-bond donors (Lipinski definition) is 1. The summed E-state index contributed by atoms with van der Waals surface area (Å²) in [7, 11) is 1.36. The molecule has 3 unspecified atom stereocenters. The molecule has 3 saturated heterocycles. The van der Waals surface area contributed by atoms with Crippen LogP contribution in [0.1, 0.15) is 48.4 Å². The monoisotopic (exact) mass is 508 g/mol. The molecule has 2 aromatic rings. The highest BCUT2D eigenvalue weighted by molar-refractivity contribution is 6.31. The Labute approximate surface area is 215 Å². The number of ether oxygens (including phenoxy) is 3. The molecule has 0 bridgehead atoms. The van der Waals surface area contributed by atoms with Crippen molar-refractivity contribution in [1.29, 1.82) is 0 Å². The van der Waals surface area contributed by atoms with Gasteiger partial charge in [-0.05, 0) is 51.3 Å². The second-order valence-corrected chi connectivity index (χ2v) is 10.3. The van der Waals surface area contributed by atoms with Gasteiger partial charge in [0.2, 0.25) is 6.10 Å². The van der Waals surface area contributed by atoms with E-state index in [2.05, 4.69) is 4.90 Å². The molecule has 2 aromatic carbocycles. The molecule has 0 radical (unpaired) electrons. The summed E-state index contributed by atoms with van der Waals surface area (Å²) >= 11 is 0. The summed E-state index contributed by atoms with van der Waals surface area (Å²) in [5.41, 5.74) is 2.27. The van der Waals surface area contributed by atoms with Gasteiger partial charge < -0.3 is 19.3 Å². The van der Waals surface area contributed by atoms with Crippen LogP contribution in [-0.2, 0) is 29.4 Å². The summed E-state index contributed by atoms with van der Waals surface area (Å²) in [5.74, 6) is -4.33. The molecule has 37 heavy (non-hydrogen) atoms. The molecule has 1 spiro atoms. The van der Waals surface area contributed by atoms with Gasteiger partial charge >= 0.3 is 23.9 Å². The summed E-state index contributed by atoms with van der Waals surface area (Å²) in [6.07, 6.45) is 0.558. The smallest absolute Gasteiger partial charge is 0.422 e. The fourth-order valence-corrected chi connectivity index (χ4v) is 5.84. The Kier molecular flexibility index (Phi) is 6.24. The van der Waals surface area contributed by atoms with Gasteiger partial charge in [0.25, 0.3) is 0 Å². The summed E-state index contributed by atoms with van der Waals surface area (Å²) in [6, 6.07) is 14.7. The Hall–Kier alpha value is -3.43. The molecule has 1 amide bonds. The molecule has 0 saturated carbocycles. The van der Waals surface area contributed by atoms with E-state index in [4.69, 9.17) is 14.2 Å². The standard InChI is InChI=1S/C28H32N2O7/c1-17-8-12-20(13-9-17)27(34,21-14-10-18(2)11-15-21)22-7-5-6-16-30(22)19(3)23-28(29(4)26(33)35-23)36-24(31)25(32)37-28/h8-15,19,22-23,34H,5-7,16H2,1-4H3. The molecule has 3 atom stereocenters. The first kappa shape index (κ1) is 25.2. The van der Waals surface area contributed by atoms with Crippen LogP contribution in [-0.4, -0.2) is 70.6 Å². The van der Waals surface area contributed by atoms with E-state index in [9.17, 15) is 19.5 Å².